The molecule has 18 heavy (non-hydrogen) atoms. The molecule has 1 aromatic rings. The van der Waals surface area contributed by atoms with Crippen molar-refractivity contribution in [1.82, 2.24) is 0 Å². The van der Waals surface area contributed by atoms with Crippen LogP contribution in [0.4, 0.5) is 5.69 Å². The second kappa shape index (κ2) is 4.42. The number of nitrogens with two attached hydrogens (primary N) is 1. The zero-order valence-corrected chi connectivity index (χ0v) is 10.4. The van der Waals surface area contributed by atoms with Crippen molar-refractivity contribution in [3.05, 3.63) is 28.3 Å². The average molecular weight is 248 g/mol. The average Bonchev–Trinajstić information content (AvgIpc) is 2.64. The van der Waals surface area contributed by atoms with E-state index in [2.05, 4.69) is 5.32 Å². The summed E-state index contributed by atoms with van der Waals surface area (Å²) < 4.78 is 0. The molecule has 0 aromatic heterocycles. The number of anilines is 1. The number of aryl methyl sites for hydroxylation is 1. The summed E-state index contributed by atoms with van der Waals surface area (Å²) in [5.74, 6) is -1.09. The van der Waals surface area contributed by atoms with Crippen LogP contribution in [0.3, 0.4) is 0 Å². The maximum atomic E-state index is 11.4. The molecule has 5 nitrogen and oxygen atoms in total. The number of carboxylic acid groups (broad SMARTS) is 1. The summed E-state index contributed by atoms with van der Waals surface area (Å²) >= 11 is 0. The van der Waals surface area contributed by atoms with Gasteiger partial charge in [-0.1, -0.05) is 6.07 Å². The van der Waals surface area contributed by atoms with Crippen LogP contribution in [-0.4, -0.2) is 23.0 Å². The van der Waals surface area contributed by atoms with Gasteiger partial charge in [0.1, 0.15) is 6.04 Å². The lowest BCUT2D eigenvalue weighted by atomic mass is 9.93. The zero-order chi connectivity index (χ0) is 13.4. The standard InChI is InChI=1S/C13H16N2O3/c1-6-3-8-4-11(16)15-12(8)9(7(6)2)5-10(14)13(17)18/h3,10H,4-5,14H2,1-2H3,(H,15,16)(H,17,18). The molecule has 1 aromatic carbocycles. The Balaban J connectivity index is 2.46. The quantitative estimate of drug-likeness (QED) is 0.736. The highest BCUT2D eigenvalue weighted by molar-refractivity contribution is 6.00. The molecular formula is C13H16N2O3. The van der Waals surface area contributed by atoms with Gasteiger partial charge in [0, 0.05) is 12.1 Å². The highest BCUT2D eigenvalue weighted by Gasteiger charge is 2.25. The zero-order valence-electron chi connectivity index (χ0n) is 10.4. The van der Waals surface area contributed by atoms with Crippen LogP contribution in [0.25, 0.3) is 0 Å². The van der Waals surface area contributed by atoms with Crippen molar-refractivity contribution in [2.75, 3.05) is 5.32 Å². The first kappa shape index (κ1) is 12.6. The van der Waals surface area contributed by atoms with Crippen LogP contribution in [0.1, 0.15) is 22.3 Å². The number of hydrogen-bond acceptors (Lipinski definition) is 3. The number of amides is 1. The van der Waals surface area contributed by atoms with Crippen LogP contribution in [0, 0.1) is 13.8 Å². The number of benzene rings is 1. The van der Waals surface area contributed by atoms with Crippen LogP contribution in [-0.2, 0) is 22.4 Å². The lowest BCUT2D eigenvalue weighted by Gasteiger charge is -2.16. The molecular weight excluding hydrogens is 232 g/mol. The van der Waals surface area contributed by atoms with E-state index in [4.69, 9.17) is 10.8 Å². The van der Waals surface area contributed by atoms with E-state index in [9.17, 15) is 9.59 Å². The van der Waals surface area contributed by atoms with Crippen LogP contribution < -0.4 is 11.1 Å². The van der Waals surface area contributed by atoms with E-state index in [1.54, 1.807) is 0 Å². The van der Waals surface area contributed by atoms with Gasteiger partial charge < -0.3 is 16.2 Å². The Morgan fingerprint density at radius 1 is 1.56 bits per heavy atom. The van der Waals surface area contributed by atoms with Crippen LogP contribution in [0.15, 0.2) is 6.07 Å². The van der Waals surface area contributed by atoms with Gasteiger partial charge in [-0.05, 0) is 36.1 Å². The van der Waals surface area contributed by atoms with E-state index in [1.165, 1.54) is 0 Å². The Bertz CT molecular complexity index is 538. The first-order valence-electron chi connectivity index (χ1n) is 5.80. The Morgan fingerprint density at radius 3 is 2.83 bits per heavy atom. The van der Waals surface area contributed by atoms with Crippen molar-refractivity contribution in [2.45, 2.75) is 32.7 Å². The number of fused-ring (bicyclic) bond motifs is 1. The molecule has 4 N–H and O–H groups in total. The molecule has 0 saturated carbocycles. The molecule has 1 heterocycles. The maximum absolute atomic E-state index is 11.4. The molecule has 0 saturated heterocycles. The second-order valence-corrected chi connectivity index (χ2v) is 4.70. The summed E-state index contributed by atoms with van der Waals surface area (Å²) in [6, 6.07) is 1.02. The van der Waals surface area contributed by atoms with Crippen molar-refractivity contribution in [3.8, 4) is 0 Å². The number of carbonyl (C=O) groups excluding carboxylic acids is 1. The normalized spacial score (nSPS) is 15.2. The smallest absolute Gasteiger partial charge is 0.320 e. The topological polar surface area (TPSA) is 92.4 Å². The van der Waals surface area contributed by atoms with Gasteiger partial charge in [-0.25, -0.2) is 0 Å². The fourth-order valence-corrected chi connectivity index (χ4v) is 2.28. The Labute approximate surface area is 105 Å². The highest BCUT2D eigenvalue weighted by Crippen LogP contribution is 2.32. The van der Waals surface area contributed by atoms with Crippen molar-refractivity contribution in [3.63, 3.8) is 0 Å². The molecule has 96 valence electrons. The Kier molecular flexibility index (Phi) is 3.09. The van der Waals surface area contributed by atoms with Crippen LogP contribution in [0.2, 0.25) is 0 Å². The van der Waals surface area contributed by atoms with Crippen LogP contribution >= 0.6 is 0 Å². The molecule has 2 rings (SSSR count). The van der Waals surface area contributed by atoms with E-state index in [0.29, 0.717) is 6.42 Å². The van der Waals surface area contributed by atoms with E-state index >= 15 is 0 Å². The molecule has 1 unspecified atom stereocenters. The van der Waals surface area contributed by atoms with Gasteiger partial charge in [-0.2, -0.15) is 0 Å². The minimum absolute atomic E-state index is 0.0554. The molecule has 0 fully saturated rings. The molecule has 1 aliphatic rings. The van der Waals surface area contributed by atoms with Gasteiger partial charge in [0.25, 0.3) is 0 Å². The molecule has 1 atom stereocenters. The molecule has 5 heteroatoms. The SMILES string of the molecule is Cc1cc2c(c(CC(N)C(=O)O)c1C)NC(=O)C2. The van der Waals surface area contributed by atoms with Crippen molar-refractivity contribution in [2.24, 2.45) is 5.73 Å². The van der Waals surface area contributed by atoms with E-state index in [0.717, 1.165) is 27.9 Å². The van der Waals surface area contributed by atoms with E-state index in [1.807, 2.05) is 19.9 Å². The minimum atomic E-state index is -1.03. The van der Waals surface area contributed by atoms with Gasteiger partial charge in [0.2, 0.25) is 5.91 Å². The van der Waals surface area contributed by atoms with Gasteiger partial charge >= 0.3 is 5.97 Å². The van der Waals surface area contributed by atoms with E-state index < -0.39 is 12.0 Å². The number of aliphatic carboxylic acids is 1. The first-order valence-corrected chi connectivity index (χ1v) is 5.80. The third-order valence-electron chi connectivity index (χ3n) is 3.41. The Morgan fingerprint density at radius 2 is 2.22 bits per heavy atom. The van der Waals surface area contributed by atoms with E-state index in [-0.39, 0.29) is 12.3 Å². The predicted octanol–water partition coefficient (Wildman–Crippen LogP) is 0.752. The lowest BCUT2D eigenvalue weighted by molar-refractivity contribution is -0.138. The van der Waals surface area contributed by atoms with Gasteiger partial charge in [-0.3, -0.25) is 9.59 Å². The van der Waals surface area contributed by atoms with Crippen LogP contribution in [0.5, 0.6) is 0 Å². The minimum Gasteiger partial charge on any atom is -0.480 e. The molecule has 1 aliphatic heterocycles. The number of nitrogens with one attached hydrogen (secondary N) is 1. The predicted molar refractivity (Wildman–Crippen MR) is 67.6 cm³/mol. The number of rotatable bonds is 3. The van der Waals surface area contributed by atoms with Crippen molar-refractivity contribution in [1.29, 1.82) is 0 Å². The molecule has 1 amide bonds. The fraction of sp³-hybridized carbons (Fsp3) is 0.385. The molecule has 0 bridgehead atoms. The van der Waals surface area contributed by atoms with Gasteiger partial charge in [-0.15, -0.1) is 0 Å². The summed E-state index contributed by atoms with van der Waals surface area (Å²) in [4.78, 5) is 22.3. The third-order valence-corrected chi connectivity index (χ3v) is 3.41. The number of carboxylic acids is 1. The number of carbonyl (C=O) groups is 2. The molecule has 0 radical (unpaired) electrons. The summed E-state index contributed by atoms with van der Waals surface area (Å²) in [7, 11) is 0. The summed E-state index contributed by atoms with van der Waals surface area (Å²) in [6.07, 6.45) is 0.581. The molecule has 0 aliphatic carbocycles. The lowest BCUT2D eigenvalue weighted by Crippen LogP contribution is -2.32. The summed E-state index contributed by atoms with van der Waals surface area (Å²) in [6.45, 7) is 3.87. The van der Waals surface area contributed by atoms with Crippen molar-refractivity contribution < 1.29 is 14.7 Å². The van der Waals surface area contributed by atoms with Gasteiger partial charge in [0.15, 0.2) is 0 Å². The van der Waals surface area contributed by atoms with Gasteiger partial charge in [0.05, 0.1) is 6.42 Å². The maximum Gasteiger partial charge on any atom is 0.320 e. The Hall–Kier alpha value is -1.88. The fourth-order valence-electron chi connectivity index (χ4n) is 2.28. The first-order chi connectivity index (χ1) is 8.40. The summed E-state index contributed by atoms with van der Waals surface area (Å²) in [5, 5.41) is 11.7. The third kappa shape index (κ3) is 2.09. The summed E-state index contributed by atoms with van der Waals surface area (Å²) in [5.41, 5.74) is 10.1. The van der Waals surface area contributed by atoms with Crippen molar-refractivity contribution >= 4 is 17.6 Å². The number of hydrogen-bond donors (Lipinski definition) is 3. The molecule has 0 spiro atoms. The highest BCUT2D eigenvalue weighted by atomic mass is 16.4. The monoisotopic (exact) mass is 248 g/mol. The largest absolute Gasteiger partial charge is 0.480 e. The second-order valence-electron chi connectivity index (χ2n) is 4.70.